The van der Waals surface area contributed by atoms with E-state index in [4.69, 9.17) is 10.5 Å². The minimum absolute atomic E-state index is 0.169. The number of carbonyl (C=O) groups excluding carboxylic acids is 1. The maximum Gasteiger partial charge on any atom is 0.319 e. The largest absolute Gasteiger partial charge is 0.379 e. The Hall–Kier alpha value is -1.63. The van der Waals surface area contributed by atoms with Crippen LogP contribution < -0.4 is 16.4 Å². The van der Waals surface area contributed by atoms with Gasteiger partial charge in [-0.3, -0.25) is 4.90 Å². The molecular weight excluding hydrogens is 268 g/mol. The van der Waals surface area contributed by atoms with Gasteiger partial charge in [0.2, 0.25) is 0 Å². The van der Waals surface area contributed by atoms with Crippen LogP contribution in [0, 0.1) is 0 Å². The average Bonchev–Trinajstić information content (AvgIpc) is 2.53. The third-order valence-corrected chi connectivity index (χ3v) is 3.49. The Kier molecular flexibility index (Phi) is 6.46. The highest BCUT2D eigenvalue weighted by atomic mass is 16.5. The van der Waals surface area contributed by atoms with E-state index in [0.29, 0.717) is 13.1 Å². The first-order valence-corrected chi connectivity index (χ1v) is 7.42. The summed E-state index contributed by atoms with van der Waals surface area (Å²) in [4.78, 5) is 14.1. The predicted molar refractivity (Wildman–Crippen MR) is 83.2 cm³/mol. The monoisotopic (exact) mass is 292 g/mol. The number of urea groups is 1. The first kappa shape index (κ1) is 15.8. The van der Waals surface area contributed by atoms with Crippen molar-refractivity contribution in [1.82, 2.24) is 10.2 Å². The molecule has 0 saturated carbocycles. The van der Waals surface area contributed by atoms with E-state index in [-0.39, 0.29) is 6.03 Å². The number of carbonyl (C=O) groups is 1. The van der Waals surface area contributed by atoms with Gasteiger partial charge in [-0.15, -0.1) is 0 Å². The molecule has 1 aliphatic heterocycles. The zero-order valence-electron chi connectivity index (χ0n) is 12.3. The van der Waals surface area contributed by atoms with Crippen molar-refractivity contribution in [3.05, 3.63) is 29.8 Å². The van der Waals surface area contributed by atoms with E-state index in [1.807, 2.05) is 24.3 Å². The van der Waals surface area contributed by atoms with Crippen LogP contribution in [0.5, 0.6) is 0 Å². The Morgan fingerprint density at radius 3 is 2.62 bits per heavy atom. The molecule has 0 spiro atoms. The lowest BCUT2D eigenvalue weighted by Gasteiger charge is -2.26. The Bertz CT molecular complexity index is 430. The second kappa shape index (κ2) is 8.61. The van der Waals surface area contributed by atoms with E-state index in [9.17, 15) is 4.79 Å². The van der Waals surface area contributed by atoms with Crippen LogP contribution in [-0.2, 0) is 11.3 Å². The van der Waals surface area contributed by atoms with Crippen LogP contribution >= 0.6 is 0 Å². The fourth-order valence-corrected chi connectivity index (χ4v) is 2.23. The molecule has 0 atom stereocenters. The van der Waals surface area contributed by atoms with Crippen LogP contribution in [-0.4, -0.2) is 50.3 Å². The Labute approximate surface area is 125 Å². The van der Waals surface area contributed by atoms with Gasteiger partial charge in [0.25, 0.3) is 0 Å². The number of benzene rings is 1. The zero-order valence-corrected chi connectivity index (χ0v) is 12.3. The van der Waals surface area contributed by atoms with Crippen molar-refractivity contribution >= 4 is 11.7 Å². The van der Waals surface area contributed by atoms with Gasteiger partial charge in [-0.2, -0.15) is 0 Å². The summed E-state index contributed by atoms with van der Waals surface area (Å²) in [5.41, 5.74) is 7.36. The number of anilines is 1. The number of hydrogen-bond donors (Lipinski definition) is 3. The van der Waals surface area contributed by atoms with Gasteiger partial charge in [-0.1, -0.05) is 12.1 Å². The number of rotatable bonds is 6. The Balaban J connectivity index is 1.60. The molecule has 0 radical (unpaired) electrons. The normalized spacial score (nSPS) is 15.7. The molecular formula is C15H24N4O2. The van der Waals surface area contributed by atoms with Gasteiger partial charge in [-0.25, -0.2) is 4.79 Å². The molecule has 21 heavy (non-hydrogen) atoms. The molecule has 1 saturated heterocycles. The highest BCUT2D eigenvalue weighted by Crippen LogP contribution is 2.08. The minimum Gasteiger partial charge on any atom is -0.379 e. The summed E-state index contributed by atoms with van der Waals surface area (Å²) < 4.78 is 5.30. The molecule has 2 amide bonds. The highest BCUT2D eigenvalue weighted by Gasteiger charge is 2.09. The lowest BCUT2D eigenvalue weighted by molar-refractivity contribution is 0.0375. The second-order valence-electron chi connectivity index (χ2n) is 5.09. The topological polar surface area (TPSA) is 79.6 Å². The van der Waals surface area contributed by atoms with Crippen LogP contribution in [0.4, 0.5) is 10.5 Å². The first-order valence-electron chi connectivity index (χ1n) is 7.42. The van der Waals surface area contributed by atoms with E-state index in [1.54, 1.807) is 0 Å². The van der Waals surface area contributed by atoms with Gasteiger partial charge in [0.1, 0.15) is 0 Å². The van der Waals surface area contributed by atoms with E-state index in [2.05, 4.69) is 15.5 Å². The molecule has 0 bridgehead atoms. The summed E-state index contributed by atoms with van der Waals surface area (Å²) in [6.07, 6.45) is 0.944. The molecule has 0 aromatic heterocycles. The molecule has 2 rings (SSSR count). The fourth-order valence-electron chi connectivity index (χ4n) is 2.23. The zero-order chi connectivity index (χ0) is 14.9. The van der Waals surface area contributed by atoms with Crippen LogP contribution in [0.1, 0.15) is 12.0 Å². The van der Waals surface area contributed by atoms with E-state index in [1.165, 1.54) is 0 Å². The van der Waals surface area contributed by atoms with E-state index >= 15 is 0 Å². The third-order valence-electron chi connectivity index (χ3n) is 3.49. The molecule has 1 aromatic rings. The van der Waals surface area contributed by atoms with Crippen LogP contribution in [0.15, 0.2) is 24.3 Å². The maximum absolute atomic E-state index is 11.7. The average molecular weight is 292 g/mol. The van der Waals surface area contributed by atoms with Gasteiger partial charge in [0, 0.05) is 31.9 Å². The smallest absolute Gasteiger partial charge is 0.319 e. The van der Waals surface area contributed by atoms with Crippen LogP contribution in [0.2, 0.25) is 0 Å². The summed E-state index contributed by atoms with van der Waals surface area (Å²) in [6, 6.07) is 7.37. The molecule has 0 unspecified atom stereocenters. The van der Waals surface area contributed by atoms with Crippen molar-refractivity contribution < 1.29 is 9.53 Å². The summed E-state index contributed by atoms with van der Waals surface area (Å²) in [5.74, 6) is 0. The molecule has 4 N–H and O–H groups in total. The highest BCUT2D eigenvalue weighted by molar-refractivity contribution is 5.89. The van der Waals surface area contributed by atoms with Crippen LogP contribution in [0.25, 0.3) is 0 Å². The van der Waals surface area contributed by atoms with Crippen LogP contribution in [0.3, 0.4) is 0 Å². The first-order chi connectivity index (χ1) is 10.3. The number of amides is 2. The SMILES string of the molecule is NCc1ccc(NC(=O)NCCCN2CCOCC2)cc1. The second-order valence-corrected chi connectivity index (χ2v) is 5.09. The predicted octanol–water partition coefficient (Wildman–Crippen LogP) is 0.989. The Morgan fingerprint density at radius 1 is 1.24 bits per heavy atom. The summed E-state index contributed by atoms with van der Waals surface area (Å²) in [7, 11) is 0. The molecule has 1 aliphatic rings. The number of nitrogens with zero attached hydrogens (tertiary/aromatic N) is 1. The number of morpholine rings is 1. The Morgan fingerprint density at radius 2 is 1.95 bits per heavy atom. The van der Waals surface area contributed by atoms with Crippen molar-refractivity contribution in [3.63, 3.8) is 0 Å². The van der Waals surface area contributed by atoms with Crippen molar-refractivity contribution in [1.29, 1.82) is 0 Å². The maximum atomic E-state index is 11.7. The number of ether oxygens (including phenoxy) is 1. The molecule has 6 heteroatoms. The summed E-state index contributed by atoms with van der Waals surface area (Å²) in [5, 5.41) is 5.67. The summed E-state index contributed by atoms with van der Waals surface area (Å²) in [6.45, 7) is 5.77. The lowest BCUT2D eigenvalue weighted by atomic mass is 10.2. The van der Waals surface area contributed by atoms with Gasteiger partial charge < -0.3 is 21.1 Å². The van der Waals surface area contributed by atoms with Crippen molar-refractivity contribution in [2.75, 3.05) is 44.7 Å². The van der Waals surface area contributed by atoms with Gasteiger partial charge in [-0.05, 0) is 30.7 Å². The molecule has 0 aliphatic carbocycles. The molecule has 116 valence electrons. The molecule has 6 nitrogen and oxygen atoms in total. The van der Waals surface area contributed by atoms with Gasteiger partial charge in [0.15, 0.2) is 0 Å². The van der Waals surface area contributed by atoms with Gasteiger partial charge in [0.05, 0.1) is 13.2 Å². The lowest BCUT2D eigenvalue weighted by Crippen LogP contribution is -2.38. The van der Waals surface area contributed by atoms with Crippen molar-refractivity contribution in [2.24, 2.45) is 5.73 Å². The number of nitrogens with two attached hydrogens (primary N) is 1. The third kappa shape index (κ3) is 5.71. The van der Waals surface area contributed by atoms with Gasteiger partial charge >= 0.3 is 6.03 Å². The minimum atomic E-state index is -0.169. The quantitative estimate of drug-likeness (QED) is 0.683. The number of hydrogen-bond acceptors (Lipinski definition) is 4. The van der Waals surface area contributed by atoms with E-state index < -0.39 is 0 Å². The van der Waals surface area contributed by atoms with E-state index in [0.717, 1.165) is 50.5 Å². The molecule has 1 fully saturated rings. The standard InChI is InChI=1S/C15H24N4O2/c16-12-13-2-4-14(5-3-13)18-15(20)17-6-1-7-19-8-10-21-11-9-19/h2-5H,1,6-12,16H2,(H2,17,18,20). The fraction of sp³-hybridized carbons (Fsp3) is 0.533. The van der Waals surface area contributed by atoms with Crippen molar-refractivity contribution in [2.45, 2.75) is 13.0 Å². The van der Waals surface area contributed by atoms with Crippen molar-refractivity contribution in [3.8, 4) is 0 Å². The molecule has 1 heterocycles. The molecule has 1 aromatic carbocycles. The summed E-state index contributed by atoms with van der Waals surface area (Å²) >= 11 is 0. The number of nitrogens with one attached hydrogen (secondary N) is 2.